The number of ether oxygens (including phenoxy) is 1. The van der Waals surface area contributed by atoms with Crippen LogP contribution < -0.4 is 9.75 Å². The van der Waals surface area contributed by atoms with Crippen molar-refractivity contribution in [2.24, 2.45) is 5.10 Å². The maximum atomic E-state index is 14.2. The molecule has 0 bridgehead atoms. The van der Waals surface area contributed by atoms with Gasteiger partial charge in [0.1, 0.15) is 35.6 Å². The normalized spacial score (nSPS) is 26.6. The highest BCUT2D eigenvalue weighted by Gasteiger charge is 2.55. The van der Waals surface area contributed by atoms with E-state index in [2.05, 4.69) is 21.9 Å². The summed E-state index contributed by atoms with van der Waals surface area (Å²) in [6.07, 6.45) is 4.46. The van der Waals surface area contributed by atoms with Gasteiger partial charge in [-0.2, -0.15) is 5.10 Å². The first kappa shape index (κ1) is 22.7. The largest absolute Gasteiger partial charge is 0.489 e. The van der Waals surface area contributed by atoms with Crippen molar-refractivity contribution >= 4 is 17.2 Å². The quantitative estimate of drug-likeness (QED) is 0.608. The van der Waals surface area contributed by atoms with Crippen LogP contribution in [0.15, 0.2) is 53.6 Å². The number of piperazine rings is 1. The molecular formula is C28H33FN4O2. The topological polar surface area (TPSA) is 48.4 Å². The molecule has 35 heavy (non-hydrogen) atoms. The molecule has 2 fully saturated rings. The van der Waals surface area contributed by atoms with Crippen molar-refractivity contribution in [1.29, 1.82) is 0 Å². The monoisotopic (exact) mass is 476 g/mol. The summed E-state index contributed by atoms with van der Waals surface area (Å²) in [6, 6.07) is 15.4. The van der Waals surface area contributed by atoms with Crippen molar-refractivity contribution in [3.63, 3.8) is 0 Å². The Balaban J connectivity index is 1.29. The van der Waals surface area contributed by atoms with Gasteiger partial charge in [0.05, 0.1) is 5.41 Å². The molecule has 0 aromatic heterocycles. The number of carbonyl (C=O) groups excluding carboxylic acids is 1. The predicted octanol–water partition coefficient (Wildman–Crippen LogP) is 3.85. The third kappa shape index (κ3) is 4.04. The van der Waals surface area contributed by atoms with Crippen molar-refractivity contribution in [3.8, 4) is 5.75 Å². The molecule has 184 valence electrons. The van der Waals surface area contributed by atoms with E-state index in [1.54, 1.807) is 13.0 Å². The van der Waals surface area contributed by atoms with Crippen molar-refractivity contribution < 1.29 is 13.9 Å². The second-order valence-corrected chi connectivity index (χ2v) is 10.3. The van der Waals surface area contributed by atoms with Crippen LogP contribution in [0.25, 0.3) is 0 Å². The lowest BCUT2D eigenvalue weighted by atomic mass is 9.67. The Labute approximate surface area is 206 Å². The summed E-state index contributed by atoms with van der Waals surface area (Å²) in [5, 5.41) is 6.70. The van der Waals surface area contributed by atoms with Crippen molar-refractivity contribution in [2.75, 3.05) is 44.3 Å². The number of hydrazone groups is 1. The second kappa shape index (κ2) is 9.03. The zero-order valence-corrected chi connectivity index (χ0v) is 20.3. The van der Waals surface area contributed by atoms with E-state index < -0.39 is 5.41 Å². The molecule has 6 rings (SSSR count). The molecule has 0 amide bonds. The Bertz CT molecular complexity index is 1130. The smallest absolute Gasteiger partial charge is 0.176 e. The number of hydrogen-bond acceptors (Lipinski definition) is 6. The summed E-state index contributed by atoms with van der Waals surface area (Å²) in [6.45, 7) is 7.51. The number of nitrogens with zero attached hydrogens (tertiary/aromatic N) is 4. The predicted molar refractivity (Wildman–Crippen MR) is 135 cm³/mol. The summed E-state index contributed by atoms with van der Waals surface area (Å²) in [5.41, 5.74) is 1.61. The standard InChI is InChI=1S/C28H33FN4O2/c1-20(34)27-28(21-6-3-2-4-7-21,12-5-13-31-14-16-32(17-15-31)23-9-10-23)26-19-35-25-11-8-22(29)18-24(25)33(26)30-27/h2-4,6-8,11,18,23,26H,5,9-10,12-17,19H2,1H3/t26?,28-/m1/s1. The molecule has 1 unspecified atom stereocenters. The van der Waals surface area contributed by atoms with Crippen LogP contribution in [0.1, 0.15) is 38.2 Å². The number of carbonyl (C=O) groups is 1. The van der Waals surface area contributed by atoms with Crippen molar-refractivity contribution in [3.05, 3.63) is 59.9 Å². The number of halogens is 1. The number of Topliss-reactive ketones (excluding diaryl/α,β-unsaturated/α-hetero) is 1. The van der Waals surface area contributed by atoms with E-state index in [-0.39, 0.29) is 17.6 Å². The molecule has 4 aliphatic rings. The van der Waals surface area contributed by atoms with E-state index in [0.29, 0.717) is 23.8 Å². The van der Waals surface area contributed by atoms with E-state index in [9.17, 15) is 9.18 Å². The lowest BCUT2D eigenvalue weighted by molar-refractivity contribution is -0.111. The van der Waals surface area contributed by atoms with Crippen LogP contribution in [0.5, 0.6) is 5.75 Å². The van der Waals surface area contributed by atoms with Gasteiger partial charge in [0.2, 0.25) is 0 Å². The van der Waals surface area contributed by atoms with E-state index >= 15 is 0 Å². The average molecular weight is 477 g/mol. The van der Waals surface area contributed by atoms with Gasteiger partial charge >= 0.3 is 0 Å². The highest BCUT2D eigenvalue weighted by molar-refractivity contribution is 6.43. The molecule has 3 aliphatic heterocycles. The minimum atomic E-state index is -0.604. The van der Waals surface area contributed by atoms with Gasteiger partial charge in [-0.15, -0.1) is 0 Å². The van der Waals surface area contributed by atoms with Gasteiger partial charge in [0.15, 0.2) is 5.78 Å². The number of anilines is 1. The van der Waals surface area contributed by atoms with E-state index in [0.717, 1.165) is 57.2 Å². The van der Waals surface area contributed by atoms with Crippen LogP contribution in [0.3, 0.4) is 0 Å². The molecule has 6 nitrogen and oxygen atoms in total. The zero-order valence-electron chi connectivity index (χ0n) is 20.3. The fourth-order valence-corrected chi connectivity index (χ4v) is 6.28. The Morgan fingerprint density at radius 3 is 2.60 bits per heavy atom. The second-order valence-electron chi connectivity index (χ2n) is 10.3. The van der Waals surface area contributed by atoms with E-state index in [4.69, 9.17) is 9.84 Å². The Morgan fingerprint density at radius 1 is 1.11 bits per heavy atom. The summed E-state index contributed by atoms with van der Waals surface area (Å²) in [4.78, 5) is 18.2. The minimum Gasteiger partial charge on any atom is -0.489 e. The third-order valence-electron chi connectivity index (χ3n) is 8.20. The highest BCUT2D eigenvalue weighted by Crippen LogP contribution is 2.48. The van der Waals surface area contributed by atoms with Crippen LogP contribution in [-0.4, -0.2) is 72.7 Å². The van der Waals surface area contributed by atoms with Gasteiger partial charge in [-0.05, 0) is 49.9 Å². The molecule has 7 heteroatoms. The van der Waals surface area contributed by atoms with Crippen LogP contribution in [0.4, 0.5) is 10.1 Å². The third-order valence-corrected chi connectivity index (χ3v) is 8.20. The fourth-order valence-electron chi connectivity index (χ4n) is 6.28. The number of benzene rings is 2. The van der Waals surface area contributed by atoms with Gasteiger partial charge in [-0.3, -0.25) is 14.7 Å². The Kier molecular flexibility index (Phi) is 5.85. The van der Waals surface area contributed by atoms with E-state index in [1.165, 1.54) is 25.0 Å². The molecule has 2 aromatic carbocycles. The first-order valence-electron chi connectivity index (χ1n) is 12.9. The molecule has 0 spiro atoms. The van der Waals surface area contributed by atoms with Crippen LogP contribution in [-0.2, 0) is 10.2 Å². The van der Waals surface area contributed by atoms with Crippen molar-refractivity contribution in [1.82, 2.24) is 9.80 Å². The summed E-state index contributed by atoms with van der Waals surface area (Å²) in [5.74, 6) is 0.223. The fraction of sp³-hybridized carbons (Fsp3) is 0.500. The van der Waals surface area contributed by atoms with Gasteiger partial charge in [-0.25, -0.2) is 4.39 Å². The van der Waals surface area contributed by atoms with Crippen LogP contribution >= 0.6 is 0 Å². The summed E-state index contributed by atoms with van der Waals surface area (Å²) < 4.78 is 20.3. The van der Waals surface area contributed by atoms with E-state index in [1.807, 2.05) is 23.2 Å². The molecule has 3 heterocycles. The van der Waals surface area contributed by atoms with Gasteiger partial charge in [-0.1, -0.05) is 30.3 Å². The maximum Gasteiger partial charge on any atom is 0.176 e. The van der Waals surface area contributed by atoms with Gasteiger partial charge in [0, 0.05) is 45.2 Å². The lowest BCUT2D eigenvalue weighted by Gasteiger charge is -2.42. The number of ketones is 1. The molecule has 0 radical (unpaired) electrons. The molecular weight excluding hydrogens is 443 g/mol. The lowest BCUT2D eigenvalue weighted by Crippen LogP contribution is -2.54. The zero-order chi connectivity index (χ0) is 24.0. The summed E-state index contributed by atoms with van der Waals surface area (Å²) >= 11 is 0. The van der Waals surface area contributed by atoms with Gasteiger partial charge < -0.3 is 9.64 Å². The van der Waals surface area contributed by atoms with Gasteiger partial charge in [0.25, 0.3) is 0 Å². The first-order chi connectivity index (χ1) is 17.1. The number of hydrogen-bond donors (Lipinski definition) is 0. The summed E-state index contributed by atoms with van der Waals surface area (Å²) in [7, 11) is 0. The molecule has 0 N–H and O–H groups in total. The Morgan fingerprint density at radius 2 is 1.89 bits per heavy atom. The highest BCUT2D eigenvalue weighted by atomic mass is 19.1. The molecule has 2 aromatic rings. The molecule has 1 saturated carbocycles. The number of fused-ring (bicyclic) bond motifs is 3. The molecule has 2 atom stereocenters. The number of rotatable bonds is 7. The maximum absolute atomic E-state index is 14.2. The Hall–Kier alpha value is -2.77. The molecule has 1 aliphatic carbocycles. The van der Waals surface area contributed by atoms with Crippen LogP contribution in [0.2, 0.25) is 0 Å². The minimum absolute atomic E-state index is 0.0424. The average Bonchev–Trinajstić information content (AvgIpc) is 3.67. The van der Waals surface area contributed by atoms with Crippen molar-refractivity contribution in [2.45, 2.75) is 50.1 Å². The molecule has 1 saturated heterocycles. The first-order valence-corrected chi connectivity index (χ1v) is 12.9. The van der Waals surface area contributed by atoms with Crippen LogP contribution in [0, 0.1) is 5.82 Å². The SMILES string of the molecule is CC(=O)C1=NN2c3cc(F)ccc3OCC2[C@@]1(CCCN1CCN(C2CC2)CC1)c1ccccc1.